The highest BCUT2D eigenvalue weighted by molar-refractivity contribution is 5.89. The average Bonchev–Trinajstić information content (AvgIpc) is 2.55. The molecule has 0 aliphatic carbocycles. The zero-order valence-electron chi connectivity index (χ0n) is 12.8. The summed E-state index contributed by atoms with van der Waals surface area (Å²) in [6, 6.07) is -1.05. The third kappa shape index (κ3) is 4.41. The molecule has 3 N–H and O–H groups in total. The van der Waals surface area contributed by atoms with Crippen LogP contribution in [0.5, 0.6) is 0 Å². The second kappa shape index (κ2) is 7.75. The summed E-state index contributed by atoms with van der Waals surface area (Å²) in [5, 5.41) is 2.78. The van der Waals surface area contributed by atoms with E-state index in [1.807, 2.05) is 4.90 Å². The number of nitrogens with one attached hydrogen (secondary N) is 1. The number of piperidine rings is 1. The van der Waals surface area contributed by atoms with Crippen molar-refractivity contribution in [2.75, 3.05) is 26.3 Å². The van der Waals surface area contributed by atoms with Crippen molar-refractivity contribution in [2.24, 2.45) is 11.7 Å². The number of hydrogen-bond acceptors (Lipinski definition) is 4. The Morgan fingerprint density at radius 1 is 1.19 bits per heavy atom. The van der Waals surface area contributed by atoms with Gasteiger partial charge in [0.1, 0.15) is 6.04 Å². The Morgan fingerprint density at radius 2 is 1.81 bits per heavy atom. The van der Waals surface area contributed by atoms with Gasteiger partial charge < -0.3 is 20.7 Å². The number of ether oxygens (including phenoxy) is 1. The molecule has 2 aliphatic heterocycles. The first kappa shape index (κ1) is 16.2. The molecule has 2 rings (SSSR count). The number of nitrogens with two attached hydrogens (primary N) is 1. The van der Waals surface area contributed by atoms with E-state index in [1.54, 1.807) is 6.92 Å². The van der Waals surface area contributed by atoms with E-state index in [4.69, 9.17) is 10.5 Å². The van der Waals surface area contributed by atoms with Gasteiger partial charge in [-0.1, -0.05) is 0 Å². The largest absolute Gasteiger partial charge is 0.381 e. The fourth-order valence-electron chi connectivity index (χ4n) is 3.05. The molecule has 0 saturated carbocycles. The van der Waals surface area contributed by atoms with Crippen molar-refractivity contribution < 1.29 is 14.3 Å². The lowest BCUT2D eigenvalue weighted by Crippen LogP contribution is -2.54. The quantitative estimate of drug-likeness (QED) is 0.779. The van der Waals surface area contributed by atoms with Crippen molar-refractivity contribution in [3.8, 4) is 0 Å². The zero-order chi connectivity index (χ0) is 15.2. The Balaban J connectivity index is 1.81. The molecule has 2 atom stereocenters. The van der Waals surface area contributed by atoms with Crippen LogP contribution in [0.3, 0.4) is 0 Å². The van der Waals surface area contributed by atoms with Crippen molar-refractivity contribution in [1.29, 1.82) is 0 Å². The van der Waals surface area contributed by atoms with Crippen LogP contribution < -0.4 is 11.1 Å². The zero-order valence-corrected chi connectivity index (χ0v) is 12.8. The van der Waals surface area contributed by atoms with Gasteiger partial charge in [-0.2, -0.15) is 0 Å². The summed E-state index contributed by atoms with van der Waals surface area (Å²) in [7, 11) is 0. The van der Waals surface area contributed by atoms with E-state index in [2.05, 4.69) is 5.32 Å². The molecule has 2 heterocycles. The minimum atomic E-state index is -0.550. The lowest BCUT2D eigenvalue weighted by molar-refractivity contribution is -0.137. The van der Waals surface area contributed by atoms with Gasteiger partial charge >= 0.3 is 0 Å². The summed E-state index contributed by atoms with van der Waals surface area (Å²) in [5.41, 5.74) is 6.03. The van der Waals surface area contributed by atoms with Crippen LogP contribution in [-0.2, 0) is 14.3 Å². The van der Waals surface area contributed by atoms with Gasteiger partial charge in [-0.15, -0.1) is 0 Å². The van der Waals surface area contributed by atoms with E-state index in [0.717, 1.165) is 38.8 Å². The highest BCUT2D eigenvalue weighted by Crippen LogP contribution is 2.18. The summed E-state index contributed by atoms with van der Waals surface area (Å²) in [5.74, 6) is -0.0713. The highest BCUT2D eigenvalue weighted by Gasteiger charge is 2.29. The smallest absolute Gasteiger partial charge is 0.244 e. The van der Waals surface area contributed by atoms with Crippen molar-refractivity contribution in [1.82, 2.24) is 10.2 Å². The second-order valence-corrected chi connectivity index (χ2v) is 6.09. The predicted octanol–water partition coefficient (Wildman–Crippen LogP) is 0.257. The molecule has 0 bridgehead atoms. The van der Waals surface area contributed by atoms with Crippen molar-refractivity contribution >= 4 is 11.8 Å². The molecule has 120 valence electrons. The number of carbonyl (C=O) groups excluding carboxylic acids is 2. The summed E-state index contributed by atoms with van der Waals surface area (Å²) in [6.07, 6.45) is 4.90. The first-order valence-electron chi connectivity index (χ1n) is 8.02. The summed E-state index contributed by atoms with van der Waals surface area (Å²) in [6.45, 7) is 4.66. The summed E-state index contributed by atoms with van der Waals surface area (Å²) in [4.78, 5) is 26.3. The molecule has 21 heavy (non-hydrogen) atoms. The van der Waals surface area contributed by atoms with Gasteiger partial charge in [-0.25, -0.2) is 0 Å². The van der Waals surface area contributed by atoms with Crippen LogP contribution in [0.1, 0.15) is 39.0 Å². The SMILES string of the molecule is CC(NC(=O)C(N)C1CCOCC1)C(=O)N1CCCCC1. The predicted molar refractivity (Wildman–Crippen MR) is 79.6 cm³/mol. The Hall–Kier alpha value is -1.14. The standard InChI is InChI=1S/C15H27N3O3/c1-11(15(20)18-7-3-2-4-8-18)17-14(19)13(16)12-5-9-21-10-6-12/h11-13H,2-10,16H2,1H3,(H,17,19). The molecule has 0 aromatic rings. The molecule has 0 radical (unpaired) electrons. The Morgan fingerprint density at radius 3 is 2.43 bits per heavy atom. The van der Waals surface area contributed by atoms with Gasteiger partial charge in [-0.05, 0) is 44.9 Å². The molecule has 2 fully saturated rings. The molecule has 2 unspecified atom stereocenters. The van der Waals surface area contributed by atoms with Crippen LogP contribution in [0.2, 0.25) is 0 Å². The van der Waals surface area contributed by atoms with Crippen LogP contribution in [0.25, 0.3) is 0 Å². The monoisotopic (exact) mass is 297 g/mol. The van der Waals surface area contributed by atoms with Crippen molar-refractivity contribution in [3.05, 3.63) is 0 Å². The van der Waals surface area contributed by atoms with Gasteiger partial charge in [0.05, 0.1) is 6.04 Å². The minimum Gasteiger partial charge on any atom is -0.381 e. The number of amides is 2. The van der Waals surface area contributed by atoms with E-state index >= 15 is 0 Å². The highest BCUT2D eigenvalue weighted by atomic mass is 16.5. The van der Waals surface area contributed by atoms with Crippen LogP contribution in [0, 0.1) is 5.92 Å². The summed E-state index contributed by atoms with van der Waals surface area (Å²) < 4.78 is 5.28. The third-order valence-corrected chi connectivity index (χ3v) is 4.47. The maximum Gasteiger partial charge on any atom is 0.244 e. The maximum atomic E-state index is 12.3. The number of likely N-dealkylation sites (tertiary alicyclic amines) is 1. The number of carbonyl (C=O) groups is 2. The topological polar surface area (TPSA) is 84.7 Å². The van der Waals surface area contributed by atoms with Crippen molar-refractivity contribution in [3.63, 3.8) is 0 Å². The maximum absolute atomic E-state index is 12.3. The molecule has 2 aliphatic rings. The van der Waals surface area contributed by atoms with Gasteiger partial charge in [-0.3, -0.25) is 9.59 Å². The van der Waals surface area contributed by atoms with Gasteiger partial charge in [0.15, 0.2) is 0 Å². The lowest BCUT2D eigenvalue weighted by Gasteiger charge is -2.31. The molecule has 2 amide bonds. The van der Waals surface area contributed by atoms with Gasteiger partial charge in [0.25, 0.3) is 0 Å². The van der Waals surface area contributed by atoms with E-state index in [0.29, 0.717) is 13.2 Å². The number of nitrogens with zero attached hydrogens (tertiary/aromatic N) is 1. The normalized spacial score (nSPS) is 23.4. The Labute approximate surface area is 126 Å². The molecular weight excluding hydrogens is 270 g/mol. The minimum absolute atomic E-state index is 0.00206. The molecule has 0 spiro atoms. The average molecular weight is 297 g/mol. The number of hydrogen-bond donors (Lipinski definition) is 2. The molecule has 6 nitrogen and oxygen atoms in total. The first-order chi connectivity index (χ1) is 10.1. The third-order valence-electron chi connectivity index (χ3n) is 4.47. The van der Waals surface area contributed by atoms with E-state index in [1.165, 1.54) is 6.42 Å². The van der Waals surface area contributed by atoms with E-state index in [9.17, 15) is 9.59 Å². The second-order valence-electron chi connectivity index (χ2n) is 6.09. The Kier molecular flexibility index (Phi) is 5.99. The Bertz CT molecular complexity index is 363. The van der Waals surface area contributed by atoms with Crippen LogP contribution >= 0.6 is 0 Å². The van der Waals surface area contributed by atoms with Crippen LogP contribution in [0.4, 0.5) is 0 Å². The molecule has 0 aromatic carbocycles. The van der Waals surface area contributed by atoms with Crippen LogP contribution in [0.15, 0.2) is 0 Å². The van der Waals surface area contributed by atoms with E-state index in [-0.39, 0.29) is 17.7 Å². The van der Waals surface area contributed by atoms with Crippen molar-refractivity contribution in [2.45, 2.75) is 51.1 Å². The lowest BCUT2D eigenvalue weighted by atomic mass is 9.91. The van der Waals surface area contributed by atoms with Crippen LogP contribution in [-0.4, -0.2) is 55.1 Å². The molecule has 0 aromatic heterocycles. The first-order valence-corrected chi connectivity index (χ1v) is 8.02. The van der Waals surface area contributed by atoms with Gasteiger partial charge in [0.2, 0.25) is 11.8 Å². The fourth-order valence-corrected chi connectivity index (χ4v) is 3.05. The molecule has 2 saturated heterocycles. The summed E-state index contributed by atoms with van der Waals surface area (Å²) >= 11 is 0. The number of rotatable bonds is 4. The molecule has 6 heteroatoms. The van der Waals surface area contributed by atoms with E-state index < -0.39 is 12.1 Å². The molecular formula is C15H27N3O3. The van der Waals surface area contributed by atoms with Gasteiger partial charge in [0, 0.05) is 26.3 Å². The fraction of sp³-hybridized carbons (Fsp3) is 0.867.